The van der Waals surface area contributed by atoms with E-state index in [0.29, 0.717) is 12.8 Å². The number of hydrogen-bond donors (Lipinski definition) is 7. The molecule has 3 unspecified atom stereocenters. The Morgan fingerprint density at radius 1 is 0.816 bits per heavy atom. The Morgan fingerprint density at radius 2 is 1.37 bits per heavy atom. The van der Waals surface area contributed by atoms with Gasteiger partial charge in [0.05, 0.1) is 25.4 Å². The van der Waals surface area contributed by atoms with Gasteiger partial charge in [0.1, 0.15) is 30.5 Å². The Kier molecular flexibility index (Phi) is 19.4. The van der Waals surface area contributed by atoms with Crippen LogP contribution < -0.4 is 5.32 Å². The zero-order chi connectivity index (χ0) is 28.3. The fourth-order valence-corrected chi connectivity index (χ4v) is 4.77. The smallest absolute Gasteiger partial charge is 0.220 e. The van der Waals surface area contributed by atoms with Gasteiger partial charge >= 0.3 is 0 Å². The lowest BCUT2D eigenvalue weighted by Crippen LogP contribution is -2.60. The second-order valence-corrected chi connectivity index (χ2v) is 10.7. The number of nitrogens with one attached hydrogen (secondary N) is 1. The first-order valence-electron chi connectivity index (χ1n) is 14.8. The van der Waals surface area contributed by atoms with Gasteiger partial charge in [-0.1, -0.05) is 90.9 Å². The lowest BCUT2D eigenvalue weighted by Gasteiger charge is -2.40. The largest absolute Gasteiger partial charge is 0.394 e. The van der Waals surface area contributed by atoms with Crippen LogP contribution in [0, 0.1) is 0 Å². The summed E-state index contributed by atoms with van der Waals surface area (Å²) in [4.78, 5) is 12.2. The number of carbonyl (C=O) groups is 1. The summed E-state index contributed by atoms with van der Waals surface area (Å²) < 4.78 is 10.9. The Morgan fingerprint density at radius 3 is 1.89 bits per heavy atom. The van der Waals surface area contributed by atoms with E-state index in [1.165, 1.54) is 51.4 Å². The molecule has 0 aromatic heterocycles. The molecular weight excluding hydrogens is 494 g/mol. The number of hydrogen-bond acceptors (Lipinski definition) is 9. The number of unbranched alkanes of at least 4 members (excludes halogenated alkanes) is 11. The minimum atomic E-state index is -1.60. The fourth-order valence-electron chi connectivity index (χ4n) is 4.77. The molecule has 1 rings (SSSR count). The lowest BCUT2D eigenvalue weighted by molar-refractivity contribution is -0.303. The van der Waals surface area contributed by atoms with E-state index in [9.17, 15) is 35.4 Å². The summed E-state index contributed by atoms with van der Waals surface area (Å²) in [6.45, 7) is 3.17. The molecule has 1 amide bonds. The average Bonchev–Trinajstić information content (AvgIpc) is 2.90. The van der Waals surface area contributed by atoms with E-state index < -0.39 is 55.6 Å². The summed E-state index contributed by atoms with van der Waals surface area (Å²) in [6, 6.07) is -0.978. The van der Waals surface area contributed by atoms with E-state index in [0.717, 1.165) is 25.7 Å². The molecule has 38 heavy (non-hydrogen) atoms. The molecule has 0 saturated carbocycles. The van der Waals surface area contributed by atoms with Gasteiger partial charge in [-0.25, -0.2) is 0 Å². The summed E-state index contributed by atoms with van der Waals surface area (Å²) >= 11 is 0. The maximum Gasteiger partial charge on any atom is 0.220 e. The van der Waals surface area contributed by atoms with Gasteiger partial charge < -0.3 is 45.4 Å². The van der Waals surface area contributed by atoms with Crippen molar-refractivity contribution in [3.05, 3.63) is 0 Å². The third-order valence-corrected chi connectivity index (χ3v) is 7.27. The van der Waals surface area contributed by atoms with Crippen LogP contribution >= 0.6 is 0 Å². The number of aliphatic hydroxyl groups is 6. The minimum Gasteiger partial charge on any atom is -0.394 e. The summed E-state index contributed by atoms with van der Waals surface area (Å²) in [5.41, 5.74) is 0. The third-order valence-electron chi connectivity index (χ3n) is 7.27. The molecule has 1 aliphatic heterocycles. The van der Waals surface area contributed by atoms with E-state index >= 15 is 0 Å². The zero-order valence-electron chi connectivity index (χ0n) is 23.5. The predicted molar refractivity (Wildman–Crippen MR) is 144 cm³/mol. The van der Waals surface area contributed by atoms with Crippen LogP contribution in [0.2, 0.25) is 0 Å². The van der Waals surface area contributed by atoms with Crippen molar-refractivity contribution in [2.24, 2.45) is 0 Å². The van der Waals surface area contributed by atoms with Crippen LogP contribution in [0.4, 0.5) is 0 Å². The van der Waals surface area contributed by atoms with E-state index in [-0.39, 0.29) is 18.9 Å². The molecule has 1 heterocycles. The molecule has 0 aromatic rings. The molecule has 0 aromatic carbocycles. The average molecular weight is 550 g/mol. The summed E-state index contributed by atoms with van der Waals surface area (Å²) in [7, 11) is 0. The monoisotopic (exact) mass is 549 g/mol. The lowest BCUT2D eigenvalue weighted by atomic mass is 9.98. The van der Waals surface area contributed by atoms with E-state index in [1.807, 2.05) is 6.92 Å². The Labute approximate surface area is 228 Å². The van der Waals surface area contributed by atoms with Crippen LogP contribution in [0.25, 0.3) is 0 Å². The minimum absolute atomic E-state index is 0.234. The van der Waals surface area contributed by atoms with Gasteiger partial charge in [0.2, 0.25) is 5.91 Å². The van der Waals surface area contributed by atoms with Crippen LogP contribution in [0.3, 0.4) is 0 Å². The van der Waals surface area contributed by atoms with Crippen LogP contribution in [-0.4, -0.2) is 98.7 Å². The summed E-state index contributed by atoms with van der Waals surface area (Å²) in [5, 5.41) is 63.5. The van der Waals surface area contributed by atoms with Crippen LogP contribution in [-0.2, 0) is 14.3 Å². The number of amides is 1. The van der Waals surface area contributed by atoms with Crippen LogP contribution in [0.5, 0.6) is 0 Å². The van der Waals surface area contributed by atoms with Gasteiger partial charge in [-0.15, -0.1) is 0 Å². The molecule has 7 N–H and O–H groups in total. The first-order chi connectivity index (χ1) is 18.3. The molecule has 1 saturated heterocycles. The molecule has 0 spiro atoms. The number of carbonyl (C=O) groups excluding carboxylic acids is 1. The summed E-state index contributed by atoms with van der Waals surface area (Å²) in [5.74, 6) is -0.313. The molecular formula is C28H55NO9. The second kappa shape index (κ2) is 21.0. The van der Waals surface area contributed by atoms with Gasteiger partial charge in [0, 0.05) is 6.42 Å². The molecule has 0 bridgehead atoms. The van der Waals surface area contributed by atoms with Gasteiger partial charge in [-0.3, -0.25) is 4.79 Å². The summed E-state index contributed by atoms with van der Waals surface area (Å²) in [6.07, 6.45) is 5.91. The van der Waals surface area contributed by atoms with Crippen molar-refractivity contribution in [2.75, 3.05) is 13.2 Å². The number of ether oxygens (including phenoxy) is 2. The predicted octanol–water partition coefficient (Wildman–Crippen LogP) is 1.90. The van der Waals surface area contributed by atoms with Crippen molar-refractivity contribution >= 4 is 5.91 Å². The van der Waals surface area contributed by atoms with Gasteiger partial charge in [0.25, 0.3) is 0 Å². The molecule has 8 atom stereocenters. The molecule has 1 fully saturated rings. The van der Waals surface area contributed by atoms with E-state index in [1.54, 1.807) is 0 Å². The fraction of sp³-hybridized carbons (Fsp3) is 0.964. The molecule has 10 heteroatoms. The molecule has 0 radical (unpaired) electrons. The molecule has 226 valence electrons. The highest BCUT2D eigenvalue weighted by Crippen LogP contribution is 2.23. The third kappa shape index (κ3) is 13.5. The van der Waals surface area contributed by atoms with Crippen molar-refractivity contribution in [3.63, 3.8) is 0 Å². The highest BCUT2D eigenvalue weighted by molar-refractivity contribution is 5.76. The van der Waals surface area contributed by atoms with Crippen molar-refractivity contribution < 1.29 is 44.9 Å². The maximum atomic E-state index is 12.2. The SMILES string of the molecule is CCCCCCCCCCCCCCC(O)C(O)C(CO[C@H]1O[C@H](CO)[C@H](O)[C@H](O)[C@H]1O)NC(=O)CCC. The van der Waals surface area contributed by atoms with Crippen LogP contribution in [0.15, 0.2) is 0 Å². The van der Waals surface area contributed by atoms with E-state index in [2.05, 4.69) is 12.2 Å². The van der Waals surface area contributed by atoms with Crippen molar-refractivity contribution in [2.45, 2.75) is 159 Å². The molecule has 10 nitrogen and oxygen atoms in total. The van der Waals surface area contributed by atoms with Crippen molar-refractivity contribution in [1.82, 2.24) is 5.32 Å². The van der Waals surface area contributed by atoms with E-state index in [4.69, 9.17) is 9.47 Å². The van der Waals surface area contributed by atoms with Crippen LogP contribution in [0.1, 0.15) is 110 Å². The Bertz CT molecular complexity index is 595. The van der Waals surface area contributed by atoms with Gasteiger partial charge in [-0.2, -0.15) is 0 Å². The van der Waals surface area contributed by atoms with Gasteiger partial charge in [-0.05, 0) is 12.8 Å². The van der Waals surface area contributed by atoms with Gasteiger partial charge in [0.15, 0.2) is 6.29 Å². The zero-order valence-corrected chi connectivity index (χ0v) is 23.5. The first kappa shape index (κ1) is 35.2. The second-order valence-electron chi connectivity index (χ2n) is 10.7. The Balaban J connectivity index is 2.43. The topological polar surface area (TPSA) is 169 Å². The number of aliphatic hydroxyl groups excluding tert-OH is 6. The highest BCUT2D eigenvalue weighted by atomic mass is 16.7. The van der Waals surface area contributed by atoms with Crippen molar-refractivity contribution in [1.29, 1.82) is 0 Å². The first-order valence-corrected chi connectivity index (χ1v) is 14.8. The Hall–Kier alpha value is -0.850. The highest BCUT2D eigenvalue weighted by Gasteiger charge is 2.44. The normalized spacial score (nSPS) is 26.2. The quantitative estimate of drug-likeness (QED) is 0.0997. The number of rotatable bonds is 22. The van der Waals surface area contributed by atoms with Crippen molar-refractivity contribution in [3.8, 4) is 0 Å². The molecule has 1 aliphatic rings. The maximum absolute atomic E-state index is 12.2. The molecule has 0 aliphatic carbocycles. The standard InChI is InChI=1S/C28H55NO9/c1-3-5-6-7-8-9-10-11-12-13-14-15-17-21(31)24(33)20(29-23(32)16-4-2)19-37-28-27(36)26(35)25(34)22(18-30)38-28/h20-22,24-28,30-31,33-36H,3-19H2,1-2H3,(H,29,32)/t20?,21?,22-,24?,25+,26+,27-,28+/m1/s1.